The van der Waals surface area contributed by atoms with E-state index in [0.29, 0.717) is 6.61 Å². The Kier molecular flexibility index (Phi) is 7.84. The van der Waals surface area contributed by atoms with Crippen LogP contribution in [0.1, 0.15) is 12.5 Å². The first-order valence-corrected chi connectivity index (χ1v) is 10.7. The summed E-state index contributed by atoms with van der Waals surface area (Å²) in [5.41, 5.74) is 1.21. The van der Waals surface area contributed by atoms with Crippen LogP contribution in [0.25, 0.3) is 0 Å². The van der Waals surface area contributed by atoms with Crippen LogP contribution in [0.15, 0.2) is 18.2 Å². The number of ether oxygens (including phenoxy) is 1. The molecule has 0 radical (unpaired) electrons. The quantitative estimate of drug-likeness (QED) is 0.598. The van der Waals surface area contributed by atoms with Crippen LogP contribution in [0.3, 0.4) is 0 Å². The van der Waals surface area contributed by atoms with E-state index in [9.17, 15) is 0 Å². The van der Waals surface area contributed by atoms with E-state index < -0.39 is 0 Å². The summed E-state index contributed by atoms with van der Waals surface area (Å²) < 4.78 is 5.21. The molecule has 0 amide bonds. The van der Waals surface area contributed by atoms with Crippen molar-refractivity contribution < 1.29 is 21.1 Å². The average molecular weight is 280 g/mol. The SMILES string of the molecule is CCOc1[c-]cc(C)cc1.[Zn+][Br]. The van der Waals surface area contributed by atoms with E-state index in [1.165, 1.54) is 21.9 Å². The topological polar surface area (TPSA) is 9.23 Å². The third-order valence-electron chi connectivity index (χ3n) is 1.24. The minimum atomic E-state index is 0.708. The molecule has 12 heavy (non-hydrogen) atoms. The van der Waals surface area contributed by atoms with Crippen molar-refractivity contribution in [3.63, 3.8) is 0 Å². The number of hydrogen-bond acceptors (Lipinski definition) is 1. The number of aryl methyl sites for hydroxylation is 1. The molecule has 0 aliphatic rings. The van der Waals surface area contributed by atoms with Crippen molar-refractivity contribution in [1.29, 1.82) is 0 Å². The van der Waals surface area contributed by atoms with Crippen molar-refractivity contribution in [1.82, 2.24) is 0 Å². The van der Waals surface area contributed by atoms with Crippen molar-refractivity contribution in [3.8, 4) is 5.75 Å². The van der Waals surface area contributed by atoms with Crippen molar-refractivity contribution in [2.24, 2.45) is 0 Å². The molecule has 0 atom stereocenters. The first kappa shape index (κ1) is 12.1. The van der Waals surface area contributed by atoms with Gasteiger partial charge in [-0.15, -0.1) is 12.1 Å². The Bertz CT molecular complexity index is 198. The number of hydrogen-bond donors (Lipinski definition) is 0. The van der Waals surface area contributed by atoms with Gasteiger partial charge in [0, 0.05) is 5.75 Å². The van der Waals surface area contributed by atoms with Gasteiger partial charge in [-0.25, -0.2) is 0 Å². The molecule has 0 fully saturated rings. The summed E-state index contributed by atoms with van der Waals surface area (Å²) in [4.78, 5) is 0. The third kappa shape index (κ3) is 4.89. The Labute approximate surface area is 90.5 Å². The van der Waals surface area contributed by atoms with Crippen molar-refractivity contribution >= 4 is 13.6 Å². The Hall–Kier alpha value is 0.123. The summed E-state index contributed by atoms with van der Waals surface area (Å²) in [6.07, 6.45) is 0. The molecule has 0 aliphatic heterocycles. The second-order valence-electron chi connectivity index (χ2n) is 2.16. The Morgan fingerprint density at radius 2 is 2.17 bits per heavy atom. The maximum atomic E-state index is 5.21. The molecule has 1 rings (SSSR count). The number of halogens is 1. The number of rotatable bonds is 2. The van der Waals surface area contributed by atoms with Gasteiger partial charge in [0.25, 0.3) is 0 Å². The fourth-order valence-electron chi connectivity index (χ4n) is 0.734. The molecule has 62 valence electrons. The molecule has 3 heteroatoms. The monoisotopic (exact) mass is 278 g/mol. The van der Waals surface area contributed by atoms with E-state index in [0.717, 1.165) is 5.75 Å². The fraction of sp³-hybridized carbons (Fsp3) is 0.333. The van der Waals surface area contributed by atoms with Crippen LogP contribution in [-0.4, -0.2) is 6.61 Å². The van der Waals surface area contributed by atoms with Crippen LogP contribution in [0.5, 0.6) is 5.75 Å². The van der Waals surface area contributed by atoms with Crippen LogP contribution in [0.2, 0.25) is 0 Å². The predicted octanol–water partition coefficient (Wildman–Crippen LogP) is 3.04. The molecule has 0 N–H and O–H groups in total. The molecule has 0 bridgehead atoms. The van der Waals surface area contributed by atoms with E-state index in [1.807, 2.05) is 32.0 Å². The molecule has 1 aromatic carbocycles. The molecular formula is C9H11BrOZn. The second-order valence-corrected chi connectivity index (χ2v) is 2.16. The summed E-state index contributed by atoms with van der Waals surface area (Å²) in [7, 11) is 0. The van der Waals surface area contributed by atoms with Gasteiger partial charge in [0.2, 0.25) is 0 Å². The average Bonchev–Trinajstić information content (AvgIpc) is 2.13. The normalized spacial score (nSPS) is 8.42. The van der Waals surface area contributed by atoms with Gasteiger partial charge in [0.05, 0.1) is 6.61 Å². The van der Waals surface area contributed by atoms with Crippen LogP contribution in [0.4, 0.5) is 0 Å². The van der Waals surface area contributed by atoms with E-state index in [2.05, 4.69) is 19.7 Å². The van der Waals surface area contributed by atoms with E-state index in [-0.39, 0.29) is 0 Å². The van der Waals surface area contributed by atoms with Crippen LogP contribution >= 0.6 is 13.6 Å². The summed E-state index contributed by atoms with van der Waals surface area (Å²) >= 11 is 4.25. The van der Waals surface area contributed by atoms with E-state index in [1.54, 1.807) is 0 Å². The minimum absolute atomic E-state index is 0.708. The summed E-state index contributed by atoms with van der Waals surface area (Å²) in [5, 5.41) is 0. The zero-order chi connectivity index (χ0) is 9.40. The molecule has 0 aromatic heterocycles. The molecule has 0 saturated carbocycles. The van der Waals surface area contributed by atoms with Gasteiger partial charge in [0.1, 0.15) is 0 Å². The molecule has 1 aromatic rings. The second kappa shape index (κ2) is 7.76. The number of benzene rings is 1. The summed E-state index contributed by atoms with van der Waals surface area (Å²) in [6.45, 7) is 4.71. The third-order valence-corrected chi connectivity index (χ3v) is 1.24. The van der Waals surface area contributed by atoms with Crippen molar-refractivity contribution in [3.05, 3.63) is 29.8 Å². The zero-order valence-electron chi connectivity index (χ0n) is 7.43. The summed E-state index contributed by atoms with van der Waals surface area (Å²) in [5.74, 6) is 0.827. The van der Waals surface area contributed by atoms with Gasteiger partial charge in [0.15, 0.2) is 0 Å². The van der Waals surface area contributed by atoms with Crippen molar-refractivity contribution in [2.75, 3.05) is 6.61 Å². The van der Waals surface area contributed by atoms with Gasteiger partial charge >= 0.3 is 30.0 Å². The molecule has 0 heterocycles. The molecule has 0 spiro atoms. The van der Waals surface area contributed by atoms with Gasteiger partial charge < -0.3 is 4.74 Å². The van der Waals surface area contributed by atoms with Gasteiger partial charge in [-0.3, -0.25) is 0 Å². The van der Waals surface area contributed by atoms with Crippen molar-refractivity contribution in [2.45, 2.75) is 13.8 Å². The van der Waals surface area contributed by atoms with Crippen LogP contribution in [-0.2, 0) is 16.3 Å². The molecular weight excluding hydrogens is 269 g/mol. The Morgan fingerprint density at radius 3 is 2.58 bits per heavy atom. The molecule has 0 unspecified atom stereocenters. The maximum absolute atomic E-state index is 5.21. The summed E-state index contributed by atoms with van der Waals surface area (Å²) in [6, 6.07) is 8.88. The predicted molar refractivity (Wildman–Crippen MR) is 50.1 cm³/mol. The van der Waals surface area contributed by atoms with Gasteiger partial charge in [-0.2, -0.15) is 17.7 Å². The first-order chi connectivity index (χ1) is 5.83. The van der Waals surface area contributed by atoms with E-state index >= 15 is 0 Å². The first-order valence-electron chi connectivity index (χ1n) is 3.71. The molecule has 0 saturated heterocycles. The zero-order valence-corrected chi connectivity index (χ0v) is 12.0. The Morgan fingerprint density at radius 1 is 1.50 bits per heavy atom. The Balaban J connectivity index is 0.000000561. The molecule has 0 aliphatic carbocycles. The fourth-order valence-corrected chi connectivity index (χ4v) is 0.734. The van der Waals surface area contributed by atoms with Gasteiger partial charge in [-0.1, -0.05) is 6.92 Å². The standard InChI is InChI=1S/C9H11O.BrH.Zn/c1-3-10-9-6-4-8(2)5-7-9;;/h4-6H,3H2,1-2H3;1H;/q-1;;+2/p-1. The van der Waals surface area contributed by atoms with Crippen LogP contribution in [0, 0.1) is 13.0 Å². The van der Waals surface area contributed by atoms with Crippen LogP contribution < -0.4 is 4.74 Å². The molecule has 1 nitrogen and oxygen atoms in total. The van der Waals surface area contributed by atoms with Gasteiger partial charge in [-0.05, 0) is 6.92 Å². The van der Waals surface area contributed by atoms with E-state index in [4.69, 9.17) is 4.74 Å².